The number of halogens is 1. The summed E-state index contributed by atoms with van der Waals surface area (Å²) in [4.78, 5) is 19.4. The summed E-state index contributed by atoms with van der Waals surface area (Å²) >= 11 is 7.41. The summed E-state index contributed by atoms with van der Waals surface area (Å²) < 4.78 is 5.74. The van der Waals surface area contributed by atoms with Gasteiger partial charge in [0.05, 0.1) is 5.25 Å². The molecular formula is C20H27ClN4O2S. The number of aryl methyl sites for hydroxylation is 1. The smallest absolute Gasteiger partial charge is 0.236 e. The summed E-state index contributed by atoms with van der Waals surface area (Å²) in [5.41, 5.74) is 0.960. The molecule has 28 heavy (non-hydrogen) atoms. The maximum Gasteiger partial charge on any atom is 0.236 e. The van der Waals surface area contributed by atoms with Crippen LogP contribution in [0, 0.1) is 6.92 Å². The van der Waals surface area contributed by atoms with Crippen LogP contribution in [0.2, 0.25) is 5.02 Å². The van der Waals surface area contributed by atoms with E-state index in [2.05, 4.69) is 29.0 Å². The van der Waals surface area contributed by atoms with Crippen LogP contribution in [-0.2, 0) is 11.4 Å². The summed E-state index contributed by atoms with van der Waals surface area (Å²) in [7, 11) is 0. The van der Waals surface area contributed by atoms with Crippen LogP contribution < -0.4 is 4.74 Å². The van der Waals surface area contributed by atoms with Gasteiger partial charge in [-0.15, -0.1) is 5.10 Å². The van der Waals surface area contributed by atoms with Gasteiger partial charge in [0.1, 0.15) is 12.4 Å². The number of carbonyl (C=O) groups excluding carboxylic acids is 1. The molecule has 1 N–H and O–H groups in total. The van der Waals surface area contributed by atoms with Crippen LogP contribution >= 0.6 is 23.4 Å². The average Bonchev–Trinajstić information content (AvgIpc) is 3.09. The van der Waals surface area contributed by atoms with Crippen molar-refractivity contribution in [3.8, 4) is 5.75 Å². The number of hydrogen-bond acceptors (Lipinski definition) is 5. The Balaban J connectivity index is 1.56. The Morgan fingerprint density at radius 3 is 2.79 bits per heavy atom. The number of ether oxygens (including phenoxy) is 1. The summed E-state index contributed by atoms with van der Waals surface area (Å²) in [6.45, 7) is 8.39. The molecule has 0 radical (unpaired) electrons. The Labute approximate surface area is 175 Å². The maximum atomic E-state index is 12.9. The van der Waals surface area contributed by atoms with Crippen molar-refractivity contribution in [1.82, 2.24) is 20.1 Å². The first-order valence-electron chi connectivity index (χ1n) is 9.64. The number of benzene rings is 1. The van der Waals surface area contributed by atoms with Gasteiger partial charge in [-0.25, -0.2) is 4.98 Å². The minimum Gasteiger partial charge on any atom is -0.486 e. The van der Waals surface area contributed by atoms with E-state index in [0.29, 0.717) is 28.1 Å². The van der Waals surface area contributed by atoms with E-state index in [-0.39, 0.29) is 17.8 Å². The first kappa shape index (κ1) is 21.0. The number of rotatable bonds is 6. The quantitative estimate of drug-likeness (QED) is 0.688. The van der Waals surface area contributed by atoms with Gasteiger partial charge in [-0.2, -0.15) is 0 Å². The van der Waals surface area contributed by atoms with Crippen molar-refractivity contribution in [2.75, 3.05) is 0 Å². The lowest BCUT2D eigenvalue weighted by Gasteiger charge is -2.40. The van der Waals surface area contributed by atoms with Crippen LogP contribution in [0.4, 0.5) is 0 Å². The highest BCUT2D eigenvalue weighted by atomic mass is 35.5. The lowest BCUT2D eigenvalue weighted by molar-refractivity contribution is -0.136. The van der Waals surface area contributed by atoms with Gasteiger partial charge in [-0.05, 0) is 70.7 Å². The van der Waals surface area contributed by atoms with E-state index in [4.69, 9.17) is 16.3 Å². The molecular weight excluding hydrogens is 396 g/mol. The first-order valence-corrected chi connectivity index (χ1v) is 10.9. The number of aromatic nitrogens is 3. The summed E-state index contributed by atoms with van der Waals surface area (Å²) in [6.07, 6.45) is 3.32. The molecule has 0 spiro atoms. The topological polar surface area (TPSA) is 71.1 Å². The summed E-state index contributed by atoms with van der Waals surface area (Å²) in [5, 5.41) is 8.15. The molecule has 0 bridgehead atoms. The minimum absolute atomic E-state index is 0.156. The predicted molar refractivity (Wildman–Crippen MR) is 112 cm³/mol. The molecule has 1 aromatic heterocycles. The van der Waals surface area contributed by atoms with Crippen molar-refractivity contribution in [3.05, 3.63) is 34.6 Å². The van der Waals surface area contributed by atoms with Crippen LogP contribution in [0.5, 0.6) is 5.75 Å². The standard InChI is InChI=1S/C20H27ClN4O2S/c1-12-10-16(8-9-17(12)21)27-11-18-22-20(24-23-18)28-15(4)19(26)25-13(2)6-5-7-14(25)3/h8-10,13-15H,5-7,11H2,1-4H3,(H,22,23,24)/t13-,14-,15-/m0/s1. The number of amides is 1. The van der Waals surface area contributed by atoms with Crippen LogP contribution in [0.25, 0.3) is 0 Å². The molecule has 2 heterocycles. The third-order valence-electron chi connectivity index (χ3n) is 5.09. The number of hydrogen-bond donors (Lipinski definition) is 1. The third kappa shape index (κ3) is 5.00. The van der Waals surface area contributed by atoms with Gasteiger partial charge in [-0.3, -0.25) is 9.89 Å². The molecule has 2 aromatic rings. The first-order chi connectivity index (χ1) is 13.3. The van der Waals surface area contributed by atoms with Crippen molar-refractivity contribution >= 4 is 29.3 Å². The van der Waals surface area contributed by atoms with E-state index in [1.807, 2.05) is 36.9 Å². The highest BCUT2D eigenvalue weighted by molar-refractivity contribution is 8.00. The molecule has 0 unspecified atom stereocenters. The second-order valence-electron chi connectivity index (χ2n) is 7.40. The second-order valence-corrected chi connectivity index (χ2v) is 9.11. The van der Waals surface area contributed by atoms with Crippen LogP contribution in [-0.4, -0.2) is 43.3 Å². The number of nitrogens with zero attached hydrogens (tertiary/aromatic N) is 3. The van der Waals surface area contributed by atoms with E-state index in [0.717, 1.165) is 24.2 Å². The van der Waals surface area contributed by atoms with E-state index in [1.54, 1.807) is 0 Å². The van der Waals surface area contributed by atoms with Crippen molar-refractivity contribution in [1.29, 1.82) is 0 Å². The summed E-state index contributed by atoms with van der Waals surface area (Å²) in [6, 6.07) is 6.10. The van der Waals surface area contributed by atoms with Crippen LogP contribution in [0.1, 0.15) is 51.4 Å². The molecule has 1 saturated heterocycles. The van der Waals surface area contributed by atoms with Gasteiger partial charge >= 0.3 is 0 Å². The monoisotopic (exact) mass is 422 g/mol. The molecule has 1 amide bonds. The molecule has 8 heteroatoms. The summed E-state index contributed by atoms with van der Waals surface area (Å²) in [5.74, 6) is 1.50. The van der Waals surface area contributed by atoms with Crippen LogP contribution in [0.15, 0.2) is 23.4 Å². The van der Waals surface area contributed by atoms with Crippen molar-refractivity contribution in [2.45, 2.75) is 76.1 Å². The minimum atomic E-state index is -0.230. The van der Waals surface area contributed by atoms with E-state index in [1.165, 1.54) is 18.2 Å². The largest absolute Gasteiger partial charge is 0.486 e. The predicted octanol–water partition coefficient (Wildman–Crippen LogP) is 4.62. The Bertz CT molecular complexity index is 818. The molecule has 152 valence electrons. The number of thioether (sulfide) groups is 1. The van der Waals surface area contributed by atoms with Gasteiger partial charge < -0.3 is 9.64 Å². The molecule has 0 saturated carbocycles. The Morgan fingerprint density at radius 1 is 1.39 bits per heavy atom. The zero-order valence-corrected chi connectivity index (χ0v) is 18.3. The molecule has 1 fully saturated rings. The Hall–Kier alpha value is -1.73. The maximum absolute atomic E-state index is 12.9. The van der Waals surface area contributed by atoms with Gasteiger partial charge in [0.25, 0.3) is 0 Å². The second kappa shape index (κ2) is 9.18. The van der Waals surface area contributed by atoms with Crippen molar-refractivity contribution < 1.29 is 9.53 Å². The highest BCUT2D eigenvalue weighted by Gasteiger charge is 2.32. The molecule has 6 nitrogen and oxygen atoms in total. The van der Waals surface area contributed by atoms with Gasteiger partial charge in [-0.1, -0.05) is 23.4 Å². The Kier molecular flexibility index (Phi) is 6.88. The third-order valence-corrected chi connectivity index (χ3v) is 6.47. The fourth-order valence-electron chi connectivity index (χ4n) is 3.53. The van der Waals surface area contributed by atoms with E-state index < -0.39 is 0 Å². The van der Waals surface area contributed by atoms with E-state index >= 15 is 0 Å². The average molecular weight is 423 g/mol. The molecule has 1 aliphatic rings. The lowest BCUT2D eigenvalue weighted by Crippen LogP contribution is -2.50. The number of carbonyl (C=O) groups is 1. The number of likely N-dealkylation sites (tertiary alicyclic amines) is 1. The number of H-pyrrole nitrogens is 1. The molecule has 1 aliphatic heterocycles. The normalized spacial score (nSPS) is 20.8. The molecule has 1 aromatic carbocycles. The van der Waals surface area contributed by atoms with Crippen molar-refractivity contribution in [3.63, 3.8) is 0 Å². The van der Waals surface area contributed by atoms with E-state index in [9.17, 15) is 4.79 Å². The molecule has 3 rings (SSSR count). The van der Waals surface area contributed by atoms with Gasteiger partial charge in [0, 0.05) is 17.1 Å². The van der Waals surface area contributed by atoms with Gasteiger partial charge in [0.2, 0.25) is 11.1 Å². The SMILES string of the molecule is Cc1cc(OCc2nc(S[C@@H](C)C(=O)N3[C@@H](C)CCC[C@@H]3C)n[nH]2)ccc1Cl. The number of nitrogens with one attached hydrogen (secondary N) is 1. The fourth-order valence-corrected chi connectivity index (χ4v) is 4.45. The Morgan fingerprint density at radius 2 is 2.11 bits per heavy atom. The zero-order valence-electron chi connectivity index (χ0n) is 16.7. The zero-order chi connectivity index (χ0) is 20.3. The number of piperidine rings is 1. The lowest BCUT2D eigenvalue weighted by atomic mass is 9.97. The van der Waals surface area contributed by atoms with Gasteiger partial charge in [0.15, 0.2) is 5.82 Å². The number of aromatic amines is 1. The molecule has 3 atom stereocenters. The van der Waals surface area contributed by atoms with Crippen LogP contribution in [0.3, 0.4) is 0 Å². The molecule has 0 aliphatic carbocycles. The fraction of sp³-hybridized carbons (Fsp3) is 0.550. The highest BCUT2D eigenvalue weighted by Crippen LogP contribution is 2.28. The van der Waals surface area contributed by atoms with Crippen molar-refractivity contribution in [2.24, 2.45) is 0 Å².